The third kappa shape index (κ3) is 3.42. The number of nitrogens with zero attached hydrogens (tertiary/aromatic N) is 1. The number of nitrogens with one attached hydrogen (secondary N) is 1. The van der Waals surface area contributed by atoms with Crippen LogP contribution in [0.5, 0.6) is 0 Å². The summed E-state index contributed by atoms with van der Waals surface area (Å²) in [4.78, 5) is 26.0. The normalized spacial score (nSPS) is 17.4. The van der Waals surface area contributed by atoms with Crippen molar-refractivity contribution in [2.75, 3.05) is 16.8 Å². The van der Waals surface area contributed by atoms with Crippen LogP contribution in [-0.2, 0) is 9.59 Å². The number of halogens is 2. The van der Waals surface area contributed by atoms with Crippen molar-refractivity contribution in [2.45, 2.75) is 6.42 Å². The van der Waals surface area contributed by atoms with E-state index in [9.17, 15) is 14.0 Å². The molecule has 6 heteroatoms. The molecule has 1 fully saturated rings. The van der Waals surface area contributed by atoms with Gasteiger partial charge in [0.15, 0.2) is 0 Å². The Morgan fingerprint density at radius 1 is 1.22 bits per heavy atom. The number of hydrogen-bond acceptors (Lipinski definition) is 2. The van der Waals surface area contributed by atoms with Gasteiger partial charge in [0.1, 0.15) is 5.82 Å². The van der Waals surface area contributed by atoms with Crippen LogP contribution in [0.25, 0.3) is 0 Å². The molecule has 0 aromatic heterocycles. The van der Waals surface area contributed by atoms with Crippen molar-refractivity contribution < 1.29 is 14.0 Å². The summed E-state index contributed by atoms with van der Waals surface area (Å²) in [5, 5.41) is 2.56. The molecule has 2 aromatic carbocycles. The highest BCUT2D eigenvalue weighted by atomic mass is 79.9. The molecule has 0 radical (unpaired) electrons. The first-order valence-corrected chi connectivity index (χ1v) is 7.95. The molecular formula is C17H14BrFN2O2. The van der Waals surface area contributed by atoms with E-state index in [4.69, 9.17) is 0 Å². The zero-order valence-electron chi connectivity index (χ0n) is 12.1. The number of benzene rings is 2. The number of anilines is 2. The lowest BCUT2D eigenvalue weighted by Crippen LogP contribution is -2.28. The van der Waals surface area contributed by atoms with Gasteiger partial charge in [-0.25, -0.2) is 4.39 Å². The van der Waals surface area contributed by atoms with Gasteiger partial charge in [-0.05, 0) is 30.3 Å². The van der Waals surface area contributed by atoms with Crippen molar-refractivity contribution >= 4 is 39.1 Å². The average Bonchev–Trinajstić information content (AvgIpc) is 2.93. The Labute approximate surface area is 141 Å². The van der Waals surface area contributed by atoms with Crippen molar-refractivity contribution in [3.05, 3.63) is 58.8 Å². The summed E-state index contributed by atoms with van der Waals surface area (Å²) >= 11 is 3.17. The van der Waals surface area contributed by atoms with Crippen LogP contribution in [0.15, 0.2) is 53.0 Å². The van der Waals surface area contributed by atoms with E-state index < -0.39 is 11.7 Å². The summed E-state index contributed by atoms with van der Waals surface area (Å²) in [6, 6.07) is 13.6. The molecule has 1 N–H and O–H groups in total. The number of carbonyl (C=O) groups excluding carboxylic acids is 2. The number of hydrogen-bond donors (Lipinski definition) is 1. The zero-order valence-corrected chi connectivity index (χ0v) is 13.7. The maximum absolute atomic E-state index is 13.8. The first-order chi connectivity index (χ1) is 11.0. The molecule has 0 aliphatic carbocycles. The molecule has 23 heavy (non-hydrogen) atoms. The molecule has 2 amide bonds. The maximum atomic E-state index is 13.8. The molecule has 1 saturated heterocycles. The van der Waals surface area contributed by atoms with Crippen LogP contribution < -0.4 is 10.2 Å². The number of rotatable bonds is 3. The van der Waals surface area contributed by atoms with Crippen molar-refractivity contribution in [1.29, 1.82) is 0 Å². The van der Waals surface area contributed by atoms with Crippen molar-refractivity contribution in [1.82, 2.24) is 0 Å². The predicted molar refractivity (Wildman–Crippen MR) is 89.6 cm³/mol. The molecule has 0 spiro atoms. The first kappa shape index (κ1) is 15.7. The molecule has 1 unspecified atom stereocenters. The largest absolute Gasteiger partial charge is 0.323 e. The second-order valence-corrected chi connectivity index (χ2v) is 6.27. The quantitative estimate of drug-likeness (QED) is 0.889. The summed E-state index contributed by atoms with van der Waals surface area (Å²) in [6.07, 6.45) is 0.124. The number of amides is 2. The van der Waals surface area contributed by atoms with Gasteiger partial charge >= 0.3 is 0 Å². The smallest absolute Gasteiger partial charge is 0.229 e. The molecule has 4 nitrogen and oxygen atoms in total. The lowest BCUT2D eigenvalue weighted by molar-refractivity contribution is -0.122. The van der Waals surface area contributed by atoms with Gasteiger partial charge in [0.05, 0.1) is 11.6 Å². The van der Waals surface area contributed by atoms with Crippen LogP contribution in [0.4, 0.5) is 15.8 Å². The van der Waals surface area contributed by atoms with E-state index in [0.29, 0.717) is 11.0 Å². The Morgan fingerprint density at radius 3 is 2.65 bits per heavy atom. The first-order valence-electron chi connectivity index (χ1n) is 7.16. The Kier molecular flexibility index (Phi) is 4.43. The Morgan fingerprint density at radius 2 is 1.96 bits per heavy atom. The fraction of sp³-hybridized carbons (Fsp3) is 0.176. The van der Waals surface area contributed by atoms with Crippen LogP contribution >= 0.6 is 15.9 Å². The van der Waals surface area contributed by atoms with Crippen molar-refractivity contribution in [3.63, 3.8) is 0 Å². The third-order valence-corrected chi connectivity index (χ3v) is 4.25. The monoisotopic (exact) mass is 376 g/mol. The number of para-hydroxylation sites is 1. The second kappa shape index (κ2) is 6.50. The van der Waals surface area contributed by atoms with Gasteiger partial charge < -0.3 is 10.2 Å². The number of carbonyl (C=O) groups is 2. The minimum Gasteiger partial charge on any atom is -0.323 e. The molecule has 1 aliphatic rings. The van der Waals surface area contributed by atoms with Gasteiger partial charge in [-0.2, -0.15) is 0 Å². The minimum atomic E-state index is -0.517. The summed E-state index contributed by atoms with van der Waals surface area (Å²) in [6.45, 7) is 0.298. The van der Waals surface area contributed by atoms with Crippen LogP contribution in [0.2, 0.25) is 0 Å². The lowest BCUT2D eigenvalue weighted by Gasteiger charge is -2.16. The molecule has 2 aromatic rings. The van der Waals surface area contributed by atoms with Gasteiger partial charge in [-0.1, -0.05) is 34.1 Å². The maximum Gasteiger partial charge on any atom is 0.229 e. The molecule has 118 valence electrons. The SMILES string of the molecule is O=C(Nc1ccc(Br)cc1F)C1CC(=O)N(c2ccccc2)C1. The lowest BCUT2D eigenvalue weighted by atomic mass is 10.1. The zero-order chi connectivity index (χ0) is 16.4. The fourth-order valence-electron chi connectivity index (χ4n) is 2.57. The highest BCUT2D eigenvalue weighted by Gasteiger charge is 2.35. The summed E-state index contributed by atoms with van der Waals surface area (Å²) in [7, 11) is 0. The average molecular weight is 377 g/mol. The van der Waals surface area contributed by atoms with Gasteiger partial charge in [-0.15, -0.1) is 0 Å². The molecule has 1 atom stereocenters. The Balaban J connectivity index is 1.71. The molecule has 1 aliphatic heterocycles. The predicted octanol–water partition coefficient (Wildman–Crippen LogP) is 3.58. The fourth-order valence-corrected chi connectivity index (χ4v) is 2.90. The van der Waals surface area contributed by atoms with Crippen LogP contribution in [-0.4, -0.2) is 18.4 Å². The standard InChI is InChI=1S/C17H14BrFN2O2/c18-12-6-7-15(14(19)9-12)20-17(23)11-8-16(22)21(10-11)13-4-2-1-3-5-13/h1-7,9,11H,8,10H2,(H,20,23). The van der Waals surface area contributed by atoms with Crippen molar-refractivity contribution in [2.24, 2.45) is 5.92 Å². The molecule has 1 heterocycles. The van der Waals surface area contributed by atoms with E-state index in [0.717, 1.165) is 5.69 Å². The van der Waals surface area contributed by atoms with E-state index in [1.165, 1.54) is 12.1 Å². The Hall–Kier alpha value is -2.21. The summed E-state index contributed by atoms with van der Waals surface area (Å²) in [5.41, 5.74) is 0.881. The van der Waals surface area contributed by atoms with E-state index in [1.807, 2.05) is 30.3 Å². The highest BCUT2D eigenvalue weighted by molar-refractivity contribution is 9.10. The highest BCUT2D eigenvalue weighted by Crippen LogP contribution is 2.26. The molecular weight excluding hydrogens is 363 g/mol. The molecule has 0 saturated carbocycles. The van der Waals surface area contributed by atoms with Crippen molar-refractivity contribution in [3.8, 4) is 0 Å². The van der Waals surface area contributed by atoms with Gasteiger partial charge in [-0.3, -0.25) is 9.59 Å². The third-order valence-electron chi connectivity index (χ3n) is 3.75. The van der Waals surface area contributed by atoms with Crippen LogP contribution in [0.3, 0.4) is 0 Å². The minimum absolute atomic E-state index is 0.104. The van der Waals surface area contributed by atoms with Crippen LogP contribution in [0, 0.1) is 11.7 Å². The van der Waals surface area contributed by atoms with E-state index in [2.05, 4.69) is 21.2 Å². The summed E-state index contributed by atoms with van der Waals surface area (Å²) in [5.74, 6) is -1.46. The molecule has 3 rings (SSSR count). The van der Waals surface area contributed by atoms with E-state index in [-0.39, 0.29) is 23.9 Å². The van der Waals surface area contributed by atoms with Gasteiger partial charge in [0.2, 0.25) is 11.8 Å². The molecule has 0 bridgehead atoms. The topological polar surface area (TPSA) is 49.4 Å². The van der Waals surface area contributed by atoms with Crippen LogP contribution in [0.1, 0.15) is 6.42 Å². The van der Waals surface area contributed by atoms with E-state index in [1.54, 1.807) is 11.0 Å². The van der Waals surface area contributed by atoms with E-state index >= 15 is 0 Å². The van der Waals surface area contributed by atoms with Gasteiger partial charge in [0, 0.05) is 23.1 Å². The van der Waals surface area contributed by atoms with Gasteiger partial charge in [0.25, 0.3) is 0 Å². The summed E-state index contributed by atoms with van der Waals surface area (Å²) < 4.78 is 14.4. The second-order valence-electron chi connectivity index (χ2n) is 5.35. The Bertz CT molecular complexity index is 752.